The molecule has 2 unspecified atom stereocenters. The van der Waals surface area contributed by atoms with Gasteiger partial charge in [0.1, 0.15) is 5.69 Å². The van der Waals surface area contributed by atoms with E-state index in [-0.39, 0.29) is 5.91 Å². The zero-order chi connectivity index (χ0) is 17.6. The molecule has 4 nitrogen and oxygen atoms in total. The Bertz CT molecular complexity index is 774. The maximum absolute atomic E-state index is 12.9. The van der Waals surface area contributed by atoms with Crippen LogP contribution in [0.25, 0.3) is 10.8 Å². The average molecular weight is 337 g/mol. The number of benzene rings is 1. The van der Waals surface area contributed by atoms with Crippen molar-refractivity contribution in [1.29, 1.82) is 0 Å². The third-order valence-electron chi connectivity index (χ3n) is 6.41. The summed E-state index contributed by atoms with van der Waals surface area (Å²) < 4.78 is 0. The van der Waals surface area contributed by atoms with E-state index in [1.54, 1.807) is 0 Å². The Hall–Kier alpha value is -1.94. The van der Waals surface area contributed by atoms with Crippen molar-refractivity contribution in [2.24, 2.45) is 11.8 Å². The van der Waals surface area contributed by atoms with Crippen molar-refractivity contribution in [3.05, 3.63) is 42.2 Å². The van der Waals surface area contributed by atoms with E-state index in [0.29, 0.717) is 11.7 Å². The van der Waals surface area contributed by atoms with Crippen LogP contribution in [0.4, 0.5) is 0 Å². The molecule has 1 heterocycles. The van der Waals surface area contributed by atoms with Crippen LogP contribution in [0.5, 0.6) is 0 Å². The van der Waals surface area contributed by atoms with Crippen LogP contribution in [0, 0.1) is 11.8 Å². The zero-order valence-electron chi connectivity index (χ0n) is 15.4. The minimum Gasteiger partial charge on any atom is -0.337 e. The van der Waals surface area contributed by atoms with E-state index in [9.17, 15) is 4.79 Å². The fourth-order valence-electron chi connectivity index (χ4n) is 4.84. The SMILES string of the molecule is CN(C)C1C[C@@H]2CC(N(C)C(=O)c3cc4ccccc4cn3)C[C@@H]2C1. The van der Waals surface area contributed by atoms with Gasteiger partial charge in [0.15, 0.2) is 0 Å². The second-order valence-electron chi connectivity index (χ2n) is 8.07. The topological polar surface area (TPSA) is 36.4 Å². The summed E-state index contributed by atoms with van der Waals surface area (Å²) >= 11 is 0. The van der Waals surface area contributed by atoms with Gasteiger partial charge in [-0.1, -0.05) is 24.3 Å². The van der Waals surface area contributed by atoms with Crippen LogP contribution in [0.1, 0.15) is 36.2 Å². The molecule has 1 aromatic carbocycles. The minimum atomic E-state index is 0.0555. The van der Waals surface area contributed by atoms with E-state index < -0.39 is 0 Å². The molecule has 0 N–H and O–H groups in total. The van der Waals surface area contributed by atoms with E-state index in [1.807, 2.05) is 48.5 Å². The fraction of sp³-hybridized carbons (Fsp3) is 0.524. The van der Waals surface area contributed by atoms with E-state index in [2.05, 4.69) is 24.0 Å². The van der Waals surface area contributed by atoms with Gasteiger partial charge in [-0.25, -0.2) is 0 Å². The maximum atomic E-state index is 12.9. The summed E-state index contributed by atoms with van der Waals surface area (Å²) in [4.78, 5) is 21.6. The van der Waals surface area contributed by atoms with E-state index in [0.717, 1.165) is 41.5 Å². The molecule has 0 spiro atoms. The molecule has 2 aliphatic rings. The molecule has 0 radical (unpaired) electrons. The Morgan fingerprint density at radius 1 is 0.960 bits per heavy atom. The van der Waals surface area contributed by atoms with Crippen molar-refractivity contribution in [3.8, 4) is 0 Å². The van der Waals surface area contributed by atoms with Gasteiger partial charge in [0, 0.05) is 30.7 Å². The van der Waals surface area contributed by atoms with Crippen molar-refractivity contribution in [3.63, 3.8) is 0 Å². The second kappa shape index (κ2) is 6.41. The lowest BCUT2D eigenvalue weighted by Crippen LogP contribution is -2.37. The van der Waals surface area contributed by atoms with Gasteiger partial charge in [-0.3, -0.25) is 9.78 Å². The number of carbonyl (C=O) groups excluding carboxylic acids is 1. The molecule has 132 valence electrons. The lowest BCUT2D eigenvalue weighted by atomic mass is 10.0. The Labute approximate surface area is 149 Å². The van der Waals surface area contributed by atoms with E-state index in [1.165, 1.54) is 12.8 Å². The molecular formula is C21H27N3O. The van der Waals surface area contributed by atoms with Crippen LogP contribution in [0.2, 0.25) is 0 Å². The van der Waals surface area contributed by atoms with Crippen LogP contribution < -0.4 is 0 Å². The molecule has 4 atom stereocenters. The Morgan fingerprint density at radius 2 is 1.56 bits per heavy atom. The van der Waals surface area contributed by atoms with Crippen molar-refractivity contribution < 1.29 is 4.79 Å². The Balaban J connectivity index is 1.46. The van der Waals surface area contributed by atoms with Gasteiger partial charge in [0.05, 0.1) is 0 Å². The maximum Gasteiger partial charge on any atom is 0.272 e. The molecule has 2 aromatic rings. The summed E-state index contributed by atoms with van der Waals surface area (Å²) in [6.45, 7) is 0. The van der Waals surface area contributed by atoms with E-state index in [4.69, 9.17) is 0 Å². The summed E-state index contributed by atoms with van der Waals surface area (Å²) in [5.41, 5.74) is 0.560. The number of rotatable bonds is 3. The summed E-state index contributed by atoms with van der Waals surface area (Å²) in [5.74, 6) is 1.61. The molecular weight excluding hydrogens is 310 g/mol. The molecule has 2 saturated carbocycles. The summed E-state index contributed by atoms with van der Waals surface area (Å²) in [6, 6.07) is 11.1. The lowest BCUT2D eigenvalue weighted by Gasteiger charge is -2.27. The third-order valence-corrected chi connectivity index (χ3v) is 6.41. The standard InChI is InChI=1S/C21H27N3O/c1-23(2)18-8-16-10-19(11-17(16)9-18)24(3)21(25)20-12-14-6-4-5-7-15(14)13-22-20/h4-7,12-13,16-19H,8-11H2,1-3H3/t16-,17+,18?,19?. The van der Waals surface area contributed by atoms with Crippen molar-refractivity contribution in [1.82, 2.24) is 14.8 Å². The normalized spacial score (nSPS) is 28.5. The van der Waals surface area contributed by atoms with Crippen molar-refractivity contribution in [2.75, 3.05) is 21.1 Å². The first-order chi connectivity index (χ1) is 12.0. The fourth-order valence-corrected chi connectivity index (χ4v) is 4.84. The first kappa shape index (κ1) is 16.5. The highest BCUT2D eigenvalue weighted by Crippen LogP contribution is 2.46. The second-order valence-corrected chi connectivity index (χ2v) is 8.07. The monoisotopic (exact) mass is 337 g/mol. The van der Waals surface area contributed by atoms with Gasteiger partial charge in [0.25, 0.3) is 5.91 Å². The number of hydrogen-bond donors (Lipinski definition) is 0. The first-order valence-electron chi connectivity index (χ1n) is 9.31. The number of fused-ring (bicyclic) bond motifs is 2. The molecule has 2 fully saturated rings. The van der Waals surface area contributed by atoms with Gasteiger partial charge in [0.2, 0.25) is 0 Å². The smallest absolute Gasteiger partial charge is 0.272 e. The molecule has 2 aliphatic carbocycles. The van der Waals surface area contributed by atoms with Crippen LogP contribution in [-0.2, 0) is 0 Å². The highest BCUT2D eigenvalue weighted by molar-refractivity contribution is 5.96. The summed E-state index contributed by atoms with van der Waals surface area (Å²) in [7, 11) is 6.32. The largest absolute Gasteiger partial charge is 0.337 e. The average Bonchev–Trinajstić information content (AvgIpc) is 3.19. The van der Waals surface area contributed by atoms with E-state index >= 15 is 0 Å². The van der Waals surface area contributed by atoms with Crippen LogP contribution in [0.15, 0.2) is 36.5 Å². The minimum absolute atomic E-state index is 0.0555. The highest BCUT2D eigenvalue weighted by Gasteiger charge is 2.44. The van der Waals surface area contributed by atoms with Gasteiger partial charge in [-0.15, -0.1) is 0 Å². The number of amides is 1. The predicted molar refractivity (Wildman–Crippen MR) is 101 cm³/mol. The number of nitrogens with zero attached hydrogens (tertiary/aromatic N) is 3. The zero-order valence-corrected chi connectivity index (χ0v) is 15.4. The number of aromatic nitrogens is 1. The molecule has 0 saturated heterocycles. The lowest BCUT2D eigenvalue weighted by molar-refractivity contribution is 0.0720. The Kier molecular flexibility index (Phi) is 4.24. The van der Waals surface area contributed by atoms with Gasteiger partial charge in [-0.05, 0) is 63.1 Å². The van der Waals surface area contributed by atoms with Crippen LogP contribution in [0.3, 0.4) is 0 Å². The molecule has 0 aliphatic heterocycles. The van der Waals surface area contributed by atoms with Crippen LogP contribution >= 0.6 is 0 Å². The van der Waals surface area contributed by atoms with Gasteiger partial charge in [-0.2, -0.15) is 0 Å². The predicted octanol–water partition coefficient (Wildman–Crippen LogP) is 3.43. The number of pyridine rings is 1. The molecule has 4 rings (SSSR count). The Morgan fingerprint density at radius 3 is 2.20 bits per heavy atom. The molecule has 1 aromatic heterocycles. The van der Waals surface area contributed by atoms with Gasteiger partial charge >= 0.3 is 0 Å². The molecule has 25 heavy (non-hydrogen) atoms. The van der Waals surface area contributed by atoms with Crippen LogP contribution in [-0.4, -0.2) is 53.9 Å². The third kappa shape index (κ3) is 3.04. The van der Waals surface area contributed by atoms with Crippen molar-refractivity contribution in [2.45, 2.75) is 37.8 Å². The summed E-state index contributed by atoms with van der Waals surface area (Å²) in [6.07, 6.45) is 6.66. The van der Waals surface area contributed by atoms with Crippen molar-refractivity contribution >= 4 is 16.7 Å². The molecule has 4 heteroatoms. The quantitative estimate of drug-likeness (QED) is 0.861. The number of carbonyl (C=O) groups is 1. The highest BCUT2D eigenvalue weighted by atomic mass is 16.2. The summed E-state index contributed by atoms with van der Waals surface area (Å²) in [5, 5.41) is 2.15. The number of hydrogen-bond acceptors (Lipinski definition) is 3. The molecule has 0 bridgehead atoms. The first-order valence-corrected chi connectivity index (χ1v) is 9.31. The molecule has 1 amide bonds. The van der Waals surface area contributed by atoms with Gasteiger partial charge < -0.3 is 9.80 Å².